The van der Waals surface area contributed by atoms with Gasteiger partial charge in [-0.3, -0.25) is 9.59 Å². The highest BCUT2D eigenvalue weighted by molar-refractivity contribution is 5.84. The van der Waals surface area contributed by atoms with Gasteiger partial charge in [-0.15, -0.1) is 0 Å². The monoisotopic (exact) mass is 380 g/mol. The van der Waals surface area contributed by atoms with Gasteiger partial charge in [-0.1, -0.05) is 57.9 Å². The lowest BCUT2D eigenvalue weighted by Gasteiger charge is -2.19. The van der Waals surface area contributed by atoms with E-state index >= 15 is 0 Å². The fourth-order valence-electron chi connectivity index (χ4n) is 3.56. The number of ketones is 1. The van der Waals surface area contributed by atoms with E-state index in [1.165, 1.54) is 0 Å². The second-order valence-electron chi connectivity index (χ2n) is 7.99. The second-order valence-corrected chi connectivity index (χ2v) is 7.99. The number of carboxylic acid groups (broad SMARTS) is 1. The number of rotatable bonds is 12. The first-order chi connectivity index (χ1) is 12.8. The standard InChI is InChI=1S/C22H36O5/c1-4-5-8-16(3)19(23)12-11-18-17(20(24)14-21(18)25)9-6-7-15(2)10-13-22(26)27/h6-7,11-12,15-19,21,23,25H,4-5,8-10,13-14H2,1-3H3,(H,26,27)/t15-,16+,17+,18+,19+,21+/m0/s1. The minimum atomic E-state index is -0.804. The molecule has 0 spiro atoms. The number of hydrogen-bond acceptors (Lipinski definition) is 4. The summed E-state index contributed by atoms with van der Waals surface area (Å²) in [4.78, 5) is 22.9. The van der Waals surface area contributed by atoms with Gasteiger partial charge in [0.2, 0.25) is 0 Å². The van der Waals surface area contributed by atoms with Crippen molar-refractivity contribution in [3.8, 4) is 0 Å². The summed E-state index contributed by atoms with van der Waals surface area (Å²) in [5.41, 5.74) is 0. The minimum absolute atomic E-state index is 0.0495. The number of hydrogen-bond donors (Lipinski definition) is 3. The van der Waals surface area contributed by atoms with Gasteiger partial charge in [0, 0.05) is 24.7 Å². The lowest BCUT2D eigenvalue weighted by Crippen LogP contribution is -2.20. The van der Waals surface area contributed by atoms with Crippen LogP contribution in [0.1, 0.15) is 65.7 Å². The largest absolute Gasteiger partial charge is 0.481 e. The summed E-state index contributed by atoms with van der Waals surface area (Å²) in [5.74, 6) is -1.02. The third kappa shape index (κ3) is 8.39. The van der Waals surface area contributed by atoms with Gasteiger partial charge in [-0.05, 0) is 31.1 Å². The van der Waals surface area contributed by atoms with Crippen molar-refractivity contribution in [1.82, 2.24) is 0 Å². The Morgan fingerprint density at radius 1 is 1.26 bits per heavy atom. The SMILES string of the molecule is CCCC[C@@H](C)[C@H](O)C=C[C@H]1[C@H](O)CC(=O)[C@@H]1CC=C[C@H](C)CCC(=O)O. The van der Waals surface area contributed by atoms with Crippen LogP contribution in [0.5, 0.6) is 0 Å². The average Bonchev–Trinajstić information content (AvgIpc) is 2.88. The molecule has 6 atom stereocenters. The van der Waals surface area contributed by atoms with Crippen LogP contribution in [-0.4, -0.2) is 39.3 Å². The van der Waals surface area contributed by atoms with Gasteiger partial charge in [0.1, 0.15) is 5.78 Å². The molecule has 27 heavy (non-hydrogen) atoms. The zero-order valence-electron chi connectivity index (χ0n) is 16.9. The molecular weight excluding hydrogens is 344 g/mol. The molecule has 1 saturated carbocycles. The van der Waals surface area contributed by atoms with Crippen molar-refractivity contribution in [1.29, 1.82) is 0 Å². The number of carboxylic acids is 1. The van der Waals surface area contributed by atoms with Crippen LogP contribution in [0.25, 0.3) is 0 Å². The maximum absolute atomic E-state index is 12.2. The topological polar surface area (TPSA) is 94.8 Å². The second kappa shape index (κ2) is 12.1. The van der Waals surface area contributed by atoms with E-state index in [0.29, 0.717) is 12.8 Å². The highest BCUT2D eigenvalue weighted by atomic mass is 16.4. The number of Topliss-reactive ketones (excluding diaryl/α,β-unsaturated/α-hetero) is 1. The van der Waals surface area contributed by atoms with Crippen molar-refractivity contribution in [3.05, 3.63) is 24.3 Å². The predicted octanol–water partition coefficient (Wildman–Crippen LogP) is 3.74. The molecule has 0 aromatic heterocycles. The Bertz CT molecular complexity index is 525. The van der Waals surface area contributed by atoms with E-state index in [9.17, 15) is 19.8 Å². The quantitative estimate of drug-likeness (QED) is 0.448. The maximum Gasteiger partial charge on any atom is 0.303 e. The van der Waals surface area contributed by atoms with E-state index < -0.39 is 18.2 Å². The molecular formula is C22H36O5. The summed E-state index contributed by atoms with van der Waals surface area (Å²) >= 11 is 0. The van der Waals surface area contributed by atoms with Crippen LogP contribution in [-0.2, 0) is 9.59 Å². The Morgan fingerprint density at radius 2 is 1.96 bits per heavy atom. The molecule has 154 valence electrons. The van der Waals surface area contributed by atoms with Crippen LogP contribution in [0.15, 0.2) is 24.3 Å². The lowest BCUT2D eigenvalue weighted by molar-refractivity contribution is -0.137. The van der Waals surface area contributed by atoms with Gasteiger partial charge in [0.05, 0.1) is 12.2 Å². The summed E-state index contributed by atoms with van der Waals surface area (Å²) in [6.45, 7) is 6.09. The third-order valence-corrected chi connectivity index (χ3v) is 5.53. The van der Waals surface area contributed by atoms with Crippen molar-refractivity contribution in [3.63, 3.8) is 0 Å². The van der Waals surface area contributed by atoms with E-state index in [1.807, 2.05) is 32.1 Å². The van der Waals surface area contributed by atoms with E-state index in [-0.39, 0.29) is 42.3 Å². The number of unbranched alkanes of at least 4 members (excludes halogenated alkanes) is 1. The molecule has 0 unspecified atom stereocenters. The molecule has 1 aliphatic carbocycles. The van der Waals surface area contributed by atoms with E-state index in [2.05, 4.69) is 6.92 Å². The van der Waals surface area contributed by atoms with Crippen molar-refractivity contribution in [2.75, 3.05) is 0 Å². The Morgan fingerprint density at radius 3 is 2.59 bits per heavy atom. The predicted molar refractivity (Wildman–Crippen MR) is 106 cm³/mol. The normalized spacial score (nSPS) is 26.7. The smallest absolute Gasteiger partial charge is 0.303 e. The van der Waals surface area contributed by atoms with Crippen LogP contribution < -0.4 is 0 Å². The molecule has 1 rings (SSSR count). The Hall–Kier alpha value is -1.46. The first kappa shape index (κ1) is 23.6. The fraction of sp³-hybridized carbons (Fsp3) is 0.727. The van der Waals surface area contributed by atoms with Gasteiger partial charge >= 0.3 is 5.97 Å². The molecule has 0 aliphatic heterocycles. The van der Waals surface area contributed by atoms with Crippen molar-refractivity contribution in [2.24, 2.45) is 23.7 Å². The summed E-state index contributed by atoms with van der Waals surface area (Å²) in [7, 11) is 0. The van der Waals surface area contributed by atoms with Crippen molar-refractivity contribution in [2.45, 2.75) is 77.9 Å². The number of allylic oxidation sites excluding steroid dienone is 2. The molecule has 0 aromatic carbocycles. The summed E-state index contributed by atoms with van der Waals surface area (Å²) in [6.07, 6.45) is 10.7. The van der Waals surface area contributed by atoms with E-state index in [4.69, 9.17) is 5.11 Å². The average molecular weight is 381 g/mol. The maximum atomic E-state index is 12.2. The summed E-state index contributed by atoms with van der Waals surface area (Å²) in [5, 5.41) is 29.2. The number of carbonyl (C=O) groups is 2. The van der Waals surface area contributed by atoms with Crippen LogP contribution in [0.4, 0.5) is 0 Å². The number of carbonyl (C=O) groups excluding carboxylic acids is 1. The summed E-state index contributed by atoms with van der Waals surface area (Å²) in [6, 6.07) is 0. The van der Waals surface area contributed by atoms with Gasteiger partial charge in [0.25, 0.3) is 0 Å². The highest BCUT2D eigenvalue weighted by Crippen LogP contribution is 2.33. The van der Waals surface area contributed by atoms with Gasteiger partial charge in [-0.25, -0.2) is 0 Å². The van der Waals surface area contributed by atoms with Crippen LogP contribution in [0.3, 0.4) is 0 Å². The Kier molecular flexibility index (Phi) is 10.6. The number of aliphatic hydroxyl groups is 2. The lowest BCUT2D eigenvalue weighted by atomic mass is 9.88. The van der Waals surface area contributed by atoms with Gasteiger partial charge < -0.3 is 15.3 Å². The first-order valence-corrected chi connectivity index (χ1v) is 10.2. The Balaban J connectivity index is 2.62. The first-order valence-electron chi connectivity index (χ1n) is 10.2. The van der Waals surface area contributed by atoms with E-state index in [1.54, 1.807) is 6.08 Å². The highest BCUT2D eigenvalue weighted by Gasteiger charge is 2.39. The molecule has 0 saturated heterocycles. The molecule has 5 heteroatoms. The molecule has 0 bridgehead atoms. The molecule has 1 fully saturated rings. The van der Waals surface area contributed by atoms with Crippen molar-refractivity contribution >= 4 is 11.8 Å². The number of aliphatic carboxylic acids is 1. The molecule has 3 N–H and O–H groups in total. The molecule has 5 nitrogen and oxygen atoms in total. The molecule has 0 aromatic rings. The van der Waals surface area contributed by atoms with Crippen molar-refractivity contribution < 1.29 is 24.9 Å². The van der Waals surface area contributed by atoms with Gasteiger partial charge in [0.15, 0.2) is 0 Å². The summed E-state index contributed by atoms with van der Waals surface area (Å²) < 4.78 is 0. The number of aliphatic hydroxyl groups excluding tert-OH is 2. The molecule has 0 radical (unpaired) electrons. The van der Waals surface area contributed by atoms with Crippen LogP contribution in [0, 0.1) is 23.7 Å². The minimum Gasteiger partial charge on any atom is -0.481 e. The van der Waals surface area contributed by atoms with Crippen LogP contribution >= 0.6 is 0 Å². The third-order valence-electron chi connectivity index (χ3n) is 5.53. The molecule has 1 aliphatic rings. The van der Waals surface area contributed by atoms with E-state index in [0.717, 1.165) is 19.3 Å². The molecule has 0 heterocycles. The molecule has 0 amide bonds. The van der Waals surface area contributed by atoms with Crippen LogP contribution in [0.2, 0.25) is 0 Å². The van der Waals surface area contributed by atoms with Gasteiger partial charge in [-0.2, -0.15) is 0 Å². The zero-order valence-corrected chi connectivity index (χ0v) is 16.9. The fourth-order valence-corrected chi connectivity index (χ4v) is 3.56. The Labute approximate surface area is 163 Å². The zero-order chi connectivity index (χ0) is 20.4.